The minimum atomic E-state index is 0.191. The number of likely N-dealkylation sites (N-methyl/N-ethyl adjacent to an activating group) is 1. The fourth-order valence-electron chi connectivity index (χ4n) is 4.94. The third-order valence-corrected chi connectivity index (χ3v) is 7.50. The van der Waals surface area contributed by atoms with Crippen LogP contribution in [0.2, 0.25) is 0 Å². The van der Waals surface area contributed by atoms with Crippen molar-refractivity contribution in [3.05, 3.63) is 16.1 Å². The predicted molar refractivity (Wildman–Crippen MR) is 106 cm³/mol. The molecule has 0 bridgehead atoms. The molecule has 4 rings (SSSR count). The fourth-order valence-corrected chi connectivity index (χ4v) is 5.55. The van der Waals surface area contributed by atoms with E-state index in [1.165, 1.54) is 0 Å². The van der Waals surface area contributed by atoms with Crippen LogP contribution in [0.5, 0.6) is 0 Å². The summed E-state index contributed by atoms with van der Waals surface area (Å²) >= 11 is 1.60. The van der Waals surface area contributed by atoms with Crippen molar-refractivity contribution in [2.24, 2.45) is 5.41 Å². The van der Waals surface area contributed by atoms with Crippen molar-refractivity contribution in [1.82, 2.24) is 19.7 Å². The minimum absolute atomic E-state index is 0.191. The van der Waals surface area contributed by atoms with Gasteiger partial charge in [-0.05, 0) is 51.6 Å². The van der Waals surface area contributed by atoms with Gasteiger partial charge in [0.1, 0.15) is 0 Å². The van der Waals surface area contributed by atoms with Gasteiger partial charge in [-0.1, -0.05) is 0 Å². The molecule has 7 heteroatoms. The standard InChI is InChI=1S/C20H30N4O2S/c1-15-21-16(13-27-15)11-19(26)23-9-6-20(7-10-23)5-3-18(25)24(14-20)17-4-8-22(2)12-17/h13,17H,3-12,14H2,1-2H3/t17-/m1/s1. The summed E-state index contributed by atoms with van der Waals surface area (Å²) in [5.41, 5.74) is 1.10. The summed E-state index contributed by atoms with van der Waals surface area (Å²) in [6.45, 7) is 6.57. The van der Waals surface area contributed by atoms with Crippen LogP contribution in [0.3, 0.4) is 0 Å². The highest BCUT2D eigenvalue weighted by Gasteiger charge is 2.44. The molecule has 27 heavy (non-hydrogen) atoms. The zero-order valence-corrected chi connectivity index (χ0v) is 17.3. The summed E-state index contributed by atoms with van der Waals surface area (Å²) in [4.78, 5) is 36.1. The van der Waals surface area contributed by atoms with Gasteiger partial charge in [-0.3, -0.25) is 9.59 Å². The maximum absolute atomic E-state index is 12.6. The molecule has 3 saturated heterocycles. The Bertz CT molecular complexity index is 711. The summed E-state index contributed by atoms with van der Waals surface area (Å²) in [6, 6.07) is 0.382. The van der Waals surface area contributed by atoms with Crippen LogP contribution in [0, 0.1) is 12.3 Å². The summed E-state index contributed by atoms with van der Waals surface area (Å²) in [5, 5.41) is 3.00. The van der Waals surface area contributed by atoms with Gasteiger partial charge in [0.25, 0.3) is 0 Å². The Kier molecular flexibility index (Phi) is 5.25. The van der Waals surface area contributed by atoms with E-state index in [0.29, 0.717) is 24.8 Å². The zero-order chi connectivity index (χ0) is 19.0. The molecule has 148 valence electrons. The van der Waals surface area contributed by atoms with E-state index in [2.05, 4.69) is 21.8 Å². The topological polar surface area (TPSA) is 56.8 Å². The molecule has 6 nitrogen and oxygen atoms in total. The third-order valence-electron chi connectivity index (χ3n) is 6.68. The number of hydrogen-bond donors (Lipinski definition) is 0. The highest BCUT2D eigenvalue weighted by molar-refractivity contribution is 7.09. The van der Waals surface area contributed by atoms with Crippen LogP contribution in [0.1, 0.15) is 42.8 Å². The second-order valence-electron chi connectivity index (χ2n) is 8.64. The Morgan fingerprint density at radius 2 is 2.07 bits per heavy atom. The summed E-state index contributed by atoms with van der Waals surface area (Å²) in [6.07, 6.45) is 5.19. The third kappa shape index (κ3) is 4.04. The number of nitrogens with zero attached hydrogens (tertiary/aromatic N) is 4. The Labute approximate surface area is 165 Å². The number of rotatable bonds is 3. The van der Waals surface area contributed by atoms with Gasteiger partial charge in [0, 0.05) is 44.0 Å². The molecule has 2 amide bonds. The second kappa shape index (κ2) is 7.51. The van der Waals surface area contributed by atoms with Gasteiger partial charge in [0.15, 0.2) is 0 Å². The number of aromatic nitrogens is 1. The monoisotopic (exact) mass is 390 g/mol. The molecule has 0 aliphatic carbocycles. The molecular weight excluding hydrogens is 360 g/mol. The lowest BCUT2D eigenvalue weighted by Gasteiger charge is -2.49. The molecule has 4 heterocycles. The predicted octanol–water partition coefficient (Wildman–Crippen LogP) is 1.93. The minimum Gasteiger partial charge on any atom is -0.342 e. The number of amides is 2. The van der Waals surface area contributed by atoms with Gasteiger partial charge < -0.3 is 14.7 Å². The number of hydrogen-bond acceptors (Lipinski definition) is 5. The Balaban J connectivity index is 1.34. The van der Waals surface area contributed by atoms with Crippen molar-refractivity contribution in [2.75, 3.05) is 39.8 Å². The van der Waals surface area contributed by atoms with Gasteiger partial charge in [-0.2, -0.15) is 0 Å². The summed E-state index contributed by atoms with van der Waals surface area (Å²) in [7, 11) is 2.14. The molecule has 1 spiro atoms. The van der Waals surface area contributed by atoms with Crippen LogP contribution >= 0.6 is 11.3 Å². The molecular formula is C20H30N4O2S. The average Bonchev–Trinajstić information content (AvgIpc) is 3.26. The molecule has 3 aliphatic rings. The number of thiazole rings is 1. The van der Waals surface area contributed by atoms with Crippen molar-refractivity contribution >= 4 is 23.2 Å². The highest BCUT2D eigenvalue weighted by Crippen LogP contribution is 2.41. The van der Waals surface area contributed by atoms with E-state index in [-0.39, 0.29) is 11.3 Å². The van der Waals surface area contributed by atoms with Crippen molar-refractivity contribution in [1.29, 1.82) is 0 Å². The summed E-state index contributed by atoms with van der Waals surface area (Å²) in [5.74, 6) is 0.523. The van der Waals surface area contributed by atoms with E-state index >= 15 is 0 Å². The first-order chi connectivity index (χ1) is 12.9. The van der Waals surface area contributed by atoms with Gasteiger partial charge in [-0.25, -0.2) is 4.98 Å². The van der Waals surface area contributed by atoms with E-state index in [1.54, 1.807) is 11.3 Å². The van der Waals surface area contributed by atoms with Crippen LogP contribution in [-0.4, -0.2) is 77.3 Å². The lowest BCUT2D eigenvalue weighted by molar-refractivity contribution is -0.144. The van der Waals surface area contributed by atoms with E-state index < -0.39 is 0 Å². The lowest BCUT2D eigenvalue weighted by atomic mass is 9.72. The normalized spacial score (nSPS) is 26.1. The van der Waals surface area contributed by atoms with Crippen LogP contribution in [0.15, 0.2) is 5.38 Å². The van der Waals surface area contributed by atoms with Crippen molar-refractivity contribution in [3.8, 4) is 0 Å². The Morgan fingerprint density at radius 3 is 2.70 bits per heavy atom. The van der Waals surface area contributed by atoms with Crippen molar-refractivity contribution in [2.45, 2.75) is 51.5 Å². The van der Waals surface area contributed by atoms with Gasteiger partial charge in [0.05, 0.1) is 17.1 Å². The Hall–Kier alpha value is -1.47. The molecule has 3 fully saturated rings. The lowest BCUT2D eigenvalue weighted by Crippen LogP contribution is -2.55. The number of piperidine rings is 2. The number of aryl methyl sites for hydroxylation is 1. The van der Waals surface area contributed by atoms with Gasteiger partial charge >= 0.3 is 0 Å². The van der Waals surface area contributed by atoms with E-state index in [4.69, 9.17) is 0 Å². The molecule has 3 aliphatic heterocycles. The molecule has 0 radical (unpaired) electrons. The van der Waals surface area contributed by atoms with Crippen LogP contribution in [0.4, 0.5) is 0 Å². The largest absolute Gasteiger partial charge is 0.342 e. The SMILES string of the molecule is Cc1nc(CC(=O)N2CCC3(CCC(=O)N([C@@H]4CCN(C)C4)C3)CC2)cs1. The number of likely N-dealkylation sites (tertiary alicyclic amines) is 3. The second-order valence-corrected chi connectivity index (χ2v) is 9.70. The first-order valence-electron chi connectivity index (χ1n) is 10.1. The smallest absolute Gasteiger partial charge is 0.228 e. The highest BCUT2D eigenvalue weighted by atomic mass is 32.1. The summed E-state index contributed by atoms with van der Waals surface area (Å²) < 4.78 is 0. The molecule has 1 atom stereocenters. The van der Waals surface area contributed by atoms with Crippen LogP contribution in [0.25, 0.3) is 0 Å². The zero-order valence-electron chi connectivity index (χ0n) is 16.4. The number of carbonyl (C=O) groups is 2. The molecule has 0 N–H and O–H groups in total. The maximum atomic E-state index is 12.6. The molecule has 0 unspecified atom stereocenters. The maximum Gasteiger partial charge on any atom is 0.228 e. The quantitative estimate of drug-likeness (QED) is 0.791. The van der Waals surface area contributed by atoms with Gasteiger partial charge in [0.2, 0.25) is 11.8 Å². The van der Waals surface area contributed by atoms with Crippen LogP contribution in [-0.2, 0) is 16.0 Å². The Morgan fingerprint density at radius 1 is 1.30 bits per heavy atom. The van der Waals surface area contributed by atoms with Gasteiger partial charge in [-0.15, -0.1) is 11.3 Å². The molecule has 1 aromatic rings. The fraction of sp³-hybridized carbons (Fsp3) is 0.750. The first kappa shape index (κ1) is 18.9. The first-order valence-corrected chi connectivity index (χ1v) is 11.0. The van der Waals surface area contributed by atoms with E-state index in [9.17, 15) is 9.59 Å². The average molecular weight is 391 g/mol. The molecule has 1 aromatic heterocycles. The van der Waals surface area contributed by atoms with Crippen LogP contribution < -0.4 is 0 Å². The number of carbonyl (C=O) groups excluding carboxylic acids is 2. The molecule has 0 aromatic carbocycles. The van der Waals surface area contributed by atoms with Crippen molar-refractivity contribution in [3.63, 3.8) is 0 Å². The van der Waals surface area contributed by atoms with E-state index in [0.717, 1.165) is 69.1 Å². The molecule has 0 saturated carbocycles. The van der Waals surface area contributed by atoms with E-state index in [1.807, 2.05) is 17.2 Å². The van der Waals surface area contributed by atoms with Crippen molar-refractivity contribution < 1.29 is 9.59 Å².